The van der Waals surface area contributed by atoms with E-state index >= 15 is 0 Å². The first kappa shape index (κ1) is 23.7. The fourth-order valence-corrected chi connectivity index (χ4v) is 3.33. The van der Waals surface area contributed by atoms with Gasteiger partial charge in [-0.1, -0.05) is 84.0 Å². The summed E-state index contributed by atoms with van der Waals surface area (Å²) in [7, 11) is 0. The molecule has 1 rings (SSSR count). The number of unbranched alkanes of at least 4 members (excludes halogenated alkanes) is 13. The maximum Gasteiger partial charge on any atom is 0.274 e. The minimum atomic E-state index is 0. The lowest BCUT2D eigenvalue weighted by atomic mass is 10.0. The van der Waals surface area contributed by atoms with Crippen molar-refractivity contribution in [2.45, 2.75) is 103 Å². The molecule has 1 heterocycles. The van der Waals surface area contributed by atoms with E-state index in [0.29, 0.717) is 0 Å². The highest BCUT2D eigenvalue weighted by Gasteiger charge is 2.04. The van der Waals surface area contributed by atoms with Crippen LogP contribution in [0.4, 0.5) is 0 Å². The average molecular weight is 374 g/mol. The molecule has 0 aliphatic rings. The fourth-order valence-electron chi connectivity index (χ4n) is 3.11. The summed E-state index contributed by atoms with van der Waals surface area (Å²) in [6.07, 6.45) is 21.8. The summed E-state index contributed by atoms with van der Waals surface area (Å²) in [5, 5.41) is 0.849. The van der Waals surface area contributed by atoms with Gasteiger partial charge in [-0.15, -0.1) is 0 Å². The molecule has 24 heavy (non-hydrogen) atoms. The third kappa shape index (κ3) is 13.1. The third-order valence-electron chi connectivity index (χ3n) is 4.64. The molecule has 0 spiro atoms. The summed E-state index contributed by atoms with van der Waals surface area (Å²) in [5.74, 6) is 0. The molecule has 0 saturated carbocycles. The van der Waals surface area contributed by atoms with E-state index in [0.717, 1.165) is 11.7 Å². The zero-order valence-electron chi connectivity index (χ0n) is 15.6. The van der Waals surface area contributed by atoms with Crippen molar-refractivity contribution in [3.8, 4) is 0 Å². The Balaban J connectivity index is 0.00000529. The SMILES string of the molecule is CCCCCCCCCCCCCCCC[n+]1ccccc1Cl.[Cl-]. The molecular formula is C21H37Cl2N. The van der Waals surface area contributed by atoms with E-state index in [-0.39, 0.29) is 12.4 Å². The molecular weight excluding hydrogens is 337 g/mol. The van der Waals surface area contributed by atoms with E-state index < -0.39 is 0 Å². The Morgan fingerprint density at radius 3 is 1.62 bits per heavy atom. The molecule has 0 aliphatic heterocycles. The van der Waals surface area contributed by atoms with Crippen LogP contribution < -0.4 is 17.0 Å². The highest BCUT2D eigenvalue weighted by atomic mass is 35.5. The van der Waals surface area contributed by atoms with Crippen LogP contribution in [0.5, 0.6) is 0 Å². The number of aryl methyl sites for hydroxylation is 1. The van der Waals surface area contributed by atoms with Crippen LogP contribution in [0.3, 0.4) is 0 Å². The normalized spacial score (nSPS) is 10.6. The molecule has 1 aromatic rings. The number of rotatable bonds is 15. The Morgan fingerprint density at radius 1 is 0.708 bits per heavy atom. The maximum absolute atomic E-state index is 6.15. The van der Waals surface area contributed by atoms with Gasteiger partial charge in [-0.2, -0.15) is 4.57 Å². The van der Waals surface area contributed by atoms with Crippen LogP contribution in [0.25, 0.3) is 0 Å². The molecule has 0 fully saturated rings. The molecule has 1 nitrogen and oxygen atoms in total. The van der Waals surface area contributed by atoms with Crippen molar-refractivity contribution in [3.63, 3.8) is 0 Å². The zero-order chi connectivity index (χ0) is 16.6. The molecule has 0 bridgehead atoms. The Bertz CT molecular complexity index is 382. The van der Waals surface area contributed by atoms with E-state index in [2.05, 4.69) is 23.8 Å². The molecule has 1 aromatic heterocycles. The van der Waals surface area contributed by atoms with E-state index in [1.165, 1.54) is 89.9 Å². The predicted molar refractivity (Wildman–Crippen MR) is 102 cm³/mol. The largest absolute Gasteiger partial charge is 1.00 e. The summed E-state index contributed by atoms with van der Waals surface area (Å²) in [4.78, 5) is 0. The van der Waals surface area contributed by atoms with E-state index in [1.54, 1.807) is 0 Å². The molecule has 0 unspecified atom stereocenters. The van der Waals surface area contributed by atoms with Crippen molar-refractivity contribution in [2.24, 2.45) is 0 Å². The summed E-state index contributed by atoms with van der Waals surface area (Å²) in [6.45, 7) is 3.34. The molecule has 0 amide bonds. The quantitative estimate of drug-likeness (QED) is 0.247. The molecule has 3 heteroatoms. The minimum absolute atomic E-state index is 0. The van der Waals surface area contributed by atoms with Gasteiger partial charge in [0.05, 0.1) is 0 Å². The van der Waals surface area contributed by atoms with Gasteiger partial charge in [-0.25, -0.2) is 0 Å². The van der Waals surface area contributed by atoms with E-state index in [4.69, 9.17) is 11.6 Å². The van der Waals surface area contributed by atoms with Gasteiger partial charge >= 0.3 is 0 Å². The van der Waals surface area contributed by atoms with Crippen LogP contribution in [0.15, 0.2) is 24.4 Å². The zero-order valence-corrected chi connectivity index (χ0v) is 17.1. The number of hydrogen-bond donors (Lipinski definition) is 0. The minimum Gasteiger partial charge on any atom is -1.00 e. The monoisotopic (exact) mass is 373 g/mol. The van der Waals surface area contributed by atoms with Gasteiger partial charge in [-0.05, 0) is 24.1 Å². The van der Waals surface area contributed by atoms with Gasteiger partial charge in [0.25, 0.3) is 5.15 Å². The first-order chi connectivity index (χ1) is 11.3. The first-order valence-corrected chi connectivity index (χ1v) is 10.4. The second-order valence-electron chi connectivity index (χ2n) is 6.81. The predicted octanol–water partition coefficient (Wildman–Crippen LogP) is 4.11. The fraction of sp³-hybridized carbons (Fsp3) is 0.762. The van der Waals surface area contributed by atoms with Crippen molar-refractivity contribution in [1.82, 2.24) is 0 Å². The Labute approximate surface area is 161 Å². The van der Waals surface area contributed by atoms with Crippen molar-refractivity contribution >= 4 is 11.6 Å². The van der Waals surface area contributed by atoms with Gasteiger partial charge in [-0.3, -0.25) is 0 Å². The molecule has 0 aromatic carbocycles. The molecule has 0 radical (unpaired) electrons. The van der Waals surface area contributed by atoms with Crippen molar-refractivity contribution in [3.05, 3.63) is 29.5 Å². The highest BCUT2D eigenvalue weighted by Crippen LogP contribution is 2.13. The lowest BCUT2D eigenvalue weighted by molar-refractivity contribution is -0.695. The van der Waals surface area contributed by atoms with Gasteiger partial charge in [0.2, 0.25) is 0 Å². The standard InChI is InChI=1S/C21H37ClN.ClH/c1-2-3-4-5-6-7-8-9-10-11-12-13-14-16-19-23-20-17-15-18-21(23)22;/h15,17-18,20H,2-14,16,19H2,1H3;1H/q+1;/p-1. The number of aromatic nitrogens is 1. The van der Waals surface area contributed by atoms with E-state index in [1.807, 2.05) is 12.1 Å². The maximum atomic E-state index is 6.15. The summed E-state index contributed by atoms with van der Waals surface area (Å²) < 4.78 is 2.14. The van der Waals surface area contributed by atoms with Gasteiger partial charge in [0.15, 0.2) is 6.20 Å². The van der Waals surface area contributed by atoms with Crippen LogP contribution in [0.2, 0.25) is 5.15 Å². The Morgan fingerprint density at radius 2 is 1.17 bits per heavy atom. The number of hydrogen-bond acceptors (Lipinski definition) is 0. The Kier molecular flexibility index (Phi) is 17.4. The second-order valence-corrected chi connectivity index (χ2v) is 7.20. The molecule has 140 valence electrons. The van der Waals surface area contributed by atoms with Gasteiger partial charge in [0.1, 0.15) is 6.54 Å². The molecule has 0 aliphatic carbocycles. The van der Waals surface area contributed by atoms with E-state index in [9.17, 15) is 0 Å². The molecule has 0 N–H and O–H groups in total. The van der Waals surface area contributed by atoms with Crippen molar-refractivity contribution < 1.29 is 17.0 Å². The third-order valence-corrected chi connectivity index (χ3v) is 4.98. The lowest BCUT2D eigenvalue weighted by Crippen LogP contribution is -3.00. The van der Waals surface area contributed by atoms with Gasteiger partial charge < -0.3 is 12.4 Å². The van der Waals surface area contributed by atoms with Crippen LogP contribution in [-0.4, -0.2) is 0 Å². The van der Waals surface area contributed by atoms with Crippen molar-refractivity contribution in [2.75, 3.05) is 0 Å². The molecule has 0 saturated heterocycles. The van der Waals surface area contributed by atoms with Crippen LogP contribution in [-0.2, 0) is 6.54 Å². The first-order valence-electron chi connectivity index (χ1n) is 9.98. The smallest absolute Gasteiger partial charge is 0.274 e. The number of halogens is 2. The van der Waals surface area contributed by atoms with Gasteiger partial charge in [0, 0.05) is 18.6 Å². The topological polar surface area (TPSA) is 3.88 Å². The highest BCUT2D eigenvalue weighted by molar-refractivity contribution is 6.28. The summed E-state index contributed by atoms with van der Waals surface area (Å²) >= 11 is 6.15. The van der Waals surface area contributed by atoms with Crippen molar-refractivity contribution in [1.29, 1.82) is 0 Å². The Hall–Kier alpha value is -0.270. The second kappa shape index (κ2) is 17.5. The average Bonchev–Trinajstić information content (AvgIpc) is 2.57. The lowest BCUT2D eigenvalue weighted by Gasteiger charge is -2.03. The van der Waals surface area contributed by atoms with Crippen LogP contribution >= 0.6 is 11.6 Å². The van der Waals surface area contributed by atoms with Crippen LogP contribution in [0.1, 0.15) is 96.8 Å². The molecule has 0 atom stereocenters. The summed E-state index contributed by atoms with van der Waals surface area (Å²) in [5.41, 5.74) is 0. The number of nitrogens with zero attached hydrogens (tertiary/aromatic N) is 1. The van der Waals surface area contributed by atoms with Crippen LogP contribution in [0, 0.1) is 0 Å². The number of pyridine rings is 1. The summed E-state index contributed by atoms with van der Waals surface area (Å²) in [6, 6.07) is 6.01.